The summed E-state index contributed by atoms with van der Waals surface area (Å²) in [5.74, 6) is -1.61. The average molecular weight is 301 g/mol. The number of nitrogens with zero attached hydrogens (tertiary/aromatic N) is 1. The highest BCUT2D eigenvalue weighted by Crippen LogP contribution is 2.23. The fourth-order valence-electron chi connectivity index (χ4n) is 2.45. The van der Waals surface area contributed by atoms with Crippen molar-refractivity contribution in [2.75, 3.05) is 19.6 Å². The van der Waals surface area contributed by atoms with Crippen LogP contribution in [-0.2, 0) is 4.79 Å². The number of hydrogen-bond donors (Lipinski definition) is 2. The first kappa shape index (κ1) is 15.2. The van der Waals surface area contributed by atoms with Crippen molar-refractivity contribution in [1.82, 2.24) is 4.90 Å². The summed E-state index contributed by atoms with van der Waals surface area (Å²) in [6, 6.07) is 4.32. The number of carbonyl (C=O) groups excluding carboxylic acids is 1. The Bertz CT molecular complexity index is 490. The van der Waals surface area contributed by atoms with Gasteiger partial charge in [0.2, 0.25) is 5.91 Å². The molecular weight excluding hydrogens is 283 g/mol. The number of aliphatic hydroxyl groups excluding tert-OH is 1. The third kappa shape index (κ3) is 3.69. The molecule has 1 fully saturated rings. The van der Waals surface area contributed by atoms with E-state index in [-0.39, 0.29) is 11.1 Å². The van der Waals surface area contributed by atoms with Gasteiger partial charge in [-0.05, 0) is 30.5 Å². The average Bonchev–Trinajstić information content (AvgIpc) is 2.41. The summed E-state index contributed by atoms with van der Waals surface area (Å²) in [4.78, 5) is 13.7. The molecule has 0 unspecified atom stereocenters. The quantitative estimate of drug-likeness (QED) is 0.885. The molecule has 1 atom stereocenters. The summed E-state index contributed by atoms with van der Waals surface area (Å²) in [6.07, 6.45) is 1.09. The summed E-state index contributed by atoms with van der Waals surface area (Å²) in [7, 11) is 0. The normalized spacial score (nSPS) is 18.9. The third-order valence-corrected chi connectivity index (χ3v) is 3.99. The molecule has 0 spiro atoms. The first-order valence-corrected chi connectivity index (χ1v) is 7.00. The molecule has 1 saturated heterocycles. The Labute approximate surface area is 122 Å². The number of rotatable bonds is 4. The molecule has 1 aromatic carbocycles. The van der Waals surface area contributed by atoms with Gasteiger partial charge in [0.15, 0.2) is 0 Å². The van der Waals surface area contributed by atoms with Gasteiger partial charge in [0.05, 0.1) is 17.0 Å². The Morgan fingerprint density at radius 3 is 2.70 bits per heavy atom. The van der Waals surface area contributed by atoms with Crippen LogP contribution in [0.2, 0.25) is 5.02 Å². The highest BCUT2D eigenvalue weighted by Gasteiger charge is 2.25. The Kier molecular flexibility index (Phi) is 4.96. The van der Waals surface area contributed by atoms with Crippen molar-refractivity contribution >= 4 is 17.5 Å². The molecule has 1 amide bonds. The number of halogens is 2. The van der Waals surface area contributed by atoms with E-state index in [4.69, 9.17) is 17.3 Å². The number of piperidine rings is 1. The van der Waals surface area contributed by atoms with Crippen molar-refractivity contribution in [1.29, 1.82) is 0 Å². The van der Waals surface area contributed by atoms with E-state index in [0.717, 1.165) is 0 Å². The standard InChI is InChI=1S/C14H18ClFN2O2/c15-12-2-1-9(7-13(12)16)11(14(17)20)8-18-5-3-10(19)4-6-18/h1-2,7,10-11,19H,3-6,8H2,(H2,17,20)/t11-/m1/s1. The summed E-state index contributed by atoms with van der Waals surface area (Å²) >= 11 is 5.64. The van der Waals surface area contributed by atoms with Crippen LogP contribution in [-0.4, -0.2) is 41.7 Å². The third-order valence-electron chi connectivity index (χ3n) is 3.69. The van der Waals surface area contributed by atoms with Crippen LogP contribution in [0.3, 0.4) is 0 Å². The van der Waals surface area contributed by atoms with Crippen LogP contribution in [0, 0.1) is 5.82 Å². The molecule has 0 saturated carbocycles. The summed E-state index contributed by atoms with van der Waals surface area (Å²) in [5.41, 5.74) is 5.96. The van der Waals surface area contributed by atoms with Crippen molar-refractivity contribution < 1.29 is 14.3 Å². The molecule has 20 heavy (non-hydrogen) atoms. The number of hydrogen-bond acceptors (Lipinski definition) is 3. The van der Waals surface area contributed by atoms with Crippen molar-refractivity contribution in [3.63, 3.8) is 0 Å². The predicted octanol–water partition coefficient (Wildman–Crippen LogP) is 1.50. The van der Waals surface area contributed by atoms with Crippen LogP contribution in [0.4, 0.5) is 4.39 Å². The topological polar surface area (TPSA) is 66.6 Å². The molecule has 2 rings (SSSR count). The number of aliphatic hydroxyl groups is 1. The molecule has 0 aliphatic carbocycles. The lowest BCUT2D eigenvalue weighted by Crippen LogP contribution is -2.41. The van der Waals surface area contributed by atoms with Crippen molar-refractivity contribution in [3.05, 3.63) is 34.6 Å². The molecule has 1 aliphatic rings. The molecule has 0 aromatic heterocycles. The number of likely N-dealkylation sites (tertiary alicyclic amines) is 1. The summed E-state index contributed by atoms with van der Waals surface area (Å²) in [6.45, 7) is 1.85. The zero-order valence-corrected chi connectivity index (χ0v) is 11.8. The van der Waals surface area contributed by atoms with Crippen LogP contribution in [0.1, 0.15) is 24.3 Å². The van der Waals surface area contributed by atoms with Crippen LogP contribution in [0.15, 0.2) is 18.2 Å². The molecule has 3 N–H and O–H groups in total. The molecule has 1 aliphatic heterocycles. The SMILES string of the molecule is NC(=O)[C@H](CN1CCC(O)CC1)c1ccc(Cl)c(F)c1. The van der Waals surface area contributed by atoms with E-state index in [9.17, 15) is 14.3 Å². The summed E-state index contributed by atoms with van der Waals surface area (Å²) < 4.78 is 13.5. The lowest BCUT2D eigenvalue weighted by Gasteiger charge is -2.31. The number of primary amides is 1. The van der Waals surface area contributed by atoms with Gasteiger partial charge in [0.1, 0.15) is 5.82 Å². The van der Waals surface area contributed by atoms with Gasteiger partial charge in [0.25, 0.3) is 0 Å². The van der Waals surface area contributed by atoms with E-state index < -0.39 is 17.6 Å². The van der Waals surface area contributed by atoms with E-state index in [1.54, 1.807) is 6.07 Å². The van der Waals surface area contributed by atoms with E-state index in [1.807, 2.05) is 0 Å². The molecule has 6 heteroatoms. The van der Waals surface area contributed by atoms with Crippen LogP contribution < -0.4 is 5.73 Å². The van der Waals surface area contributed by atoms with Crippen LogP contribution in [0.25, 0.3) is 0 Å². The minimum atomic E-state index is -0.572. The maximum absolute atomic E-state index is 13.5. The Morgan fingerprint density at radius 2 is 2.15 bits per heavy atom. The van der Waals surface area contributed by atoms with Crippen molar-refractivity contribution in [3.8, 4) is 0 Å². The second-order valence-corrected chi connectivity index (χ2v) is 5.57. The largest absolute Gasteiger partial charge is 0.393 e. The van der Waals surface area contributed by atoms with E-state index >= 15 is 0 Å². The molecule has 1 aromatic rings. The van der Waals surface area contributed by atoms with E-state index in [0.29, 0.717) is 38.0 Å². The first-order valence-electron chi connectivity index (χ1n) is 6.62. The number of benzene rings is 1. The minimum Gasteiger partial charge on any atom is -0.393 e. The second-order valence-electron chi connectivity index (χ2n) is 5.16. The second kappa shape index (κ2) is 6.52. The van der Waals surface area contributed by atoms with Crippen molar-refractivity contribution in [2.24, 2.45) is 5.73 Å². The zero-order valence-electron chi connectivity index (χ0n) is 11.1. The molecule has 4 nitrogen and oxygen atoms in total. The molecule has 0 bridgehead atoms. The number of carbonyl (C=O) groups is 1. The maximum Gasteiger partial charge on any atom is 0.226 e. The Hall–Kier alpha value is -1.17. The van der Waals surface area contributed by atoms with Crippen LogP contribution in [0.5, 0.6) is 0 Å². The first-order chi connectivity index (χ1) is 9.47. The minimum absolute atomic E-state index is 0.0260. The fourth-order valence-corrected chi connectivity index (χ4v) is 2.57. The van der Waals surface area contributed by atoms with Crippen LogP contribution >= 0.6 is 11.6 Å². The number of amides is 1. The molecular formula is C14H18ClFN2O2. The molecule has 110 valence electrons. The Morgan fingerprint density at radius 1 is 1.50 bits per heavy atom. The van der Waals surface area contributed by atoms with Gasteiger partial charge in [-0.15, -0.1) is 0 Å². The lowest BCUT2D eigenvalue weighted by atomic mass is 9.96. The van der Waals surface area contributed by atoms with Gasteiger partial charge >= 0.3 is 0 Å². The lowest BCUT2D eigenvalue weighted by molar-refractivity contribution is -0.120. The Balaban J connectivity index is 2.10. The van der Waals surface area contributed by atoms with Gasteiger partial charge in [0, 0.05) is 19.6 Å². The van der Waals surface area contributed by atoms with E-state index in [2.05, 4.69) is 4.90 Å². The molecule has 0 radical (unpaired) electrons. The van der Waals surface area contributed by atoms with Crippen molar-refractivity contribution in [2.45, 2.75) is 24.9 Å². The van der Waals surface area contributed by atoms with Gasteiger partial charge in [-0.3, -0.25) is 4.79 Å². The predicted molar refractivity (Wildman–Crippen MR) is 75.0 cm³/mol. The van der Waals surface area contributed by atoms with Gasteiger partial charge in [-0.1, -0.05) is 17.7 Å². The highest BCUT2D eigenvalue weighted by atomic mass is 35.5. The smallest absolute Gasteiger partial charge is 0.226 e. The van der Waals surface area contributed by atoms with Gasteiger partial charge < -0.3 is 15.7 Å². The summed E-state index contributed by atoms with van der Waals surface area (Å²) in [5, 5.41) is 9.50. The monoisotopic (exact) mass is 300 g/mol. The zero-order chi connectivity index (χ0) is 14.7. The maximum atomic E-state index is 13.5. The highest BCUT2D eigenvalue weighted by molar-refractivity contribution is 6.30. The fraction of sp³-hybridized carbons (Fsp3) is 0.500. The van der Waals surface area contributed by atoms with Gasteiger partial charge in [-0.25, -0.2) is 4.39 Å². The molecule has 1 heterocycles. The number of nitrogens with two attached hydrogens (primary N) is 1. The van der Waals surface area contributed by atoms with E-state index in [1.165, 1.54) is 12.1 Å². The van der Waals surface area contributed by atoms with Gasteiger partial charge in [-0.2, -0.15) is 0 Å².